The van der Waals surface area contributed by atoms with Crippen molar-refractivity contribution in [3.05, 3.63) is 211 Å². The van der Waals surface area contributed by atoms with Crippen molar-refractivity contribution in [2.45, 2.75) is 12.3 Å². The van der Waals surface area contributed by atoms with Crippen molar-refractivity contribution in [3.63, 3.8) is 0 Å². The molecule has 57 heavy (non-hydrogen) atoms. The van der Waals surface area contributed by atoms with Gasteiger partial charge in [-0.25, -0.2) is 15.0 Å². The van der Waals surface area contributed by atoms with Crippen LogP contribution in [-0.4, -0.2) is 15.0 Å². The molecule has 4 aliphatic rings. The van der Waals surface area contributed by atoms with E-state index in [1.807, 2.05) is 24.3 Å². The lowest BCUT2D eigenvalue weighted by Gasteiger charge is -2.46. The molecule has 11 rings (SSSR count). The van der Waals surface area contributed by atoms with E-state index in [9.17, 15) is 0 Å². The molecule has 0 saturated heterocycles. The number of hydrogen-bond acceptors (Lipinski definition) is 4. The quantitative estimate of drug-likeness (QED) is 0.177. The lowest BCUT2D eigenvalue weighted by Crippen LogP contribution is -2.42. The zero-order valence-corrected chi connectivity index (χ0v) is 31.5. The number of allylic oxidation sites excluding steroid dienone is 8. The number of fused-ring (bicyclic) bond motifs is 9. The van der Waals surface area contributed by atoms with Crippen molar-refractivity contribution in [3.8, 4) is 67.9 Å². The summed E-state index contributed by atoms with van der Waals surface area (Å²) in [6.45, 7) is 2.45. The highest BCUT2D eigenvalue weighted by Crippen LogP contribution is 2.71. The molecule has 7 aromatic rings. The lowest BCUT2D eigenvalue weighted by molar-refractivity contribution is 0.263. The molecule has 0 radical (unpaired) electrons. The Balaban J connectivity index is 1.12. The van der Waals surface area contributed by atoms with Gasteiger partial charge in [0.15, 0.2) is 17.5 Å². The Hall–Kier alpha value is -6.91. The molecule has 5 atom stereocenters. The van der Waals surface area contributed by atoms with Crippen LogP contribution in [0.25, 0.3) is 56.4 Å². The minimum atomic E-state index is -0.362. The minimum absolute atomic E-state index is 0.0819. The van der Waals surface area contributed by atoms with Gasteiger partial charge in [0.25, 0.3) is 0 Å². The van der Waals surface area contributed by atoms with Gasteiger partial charge in [-0.1, -0.05) is 189 Å². The smallest absolute Gasteiger partial charge is 0.164 e. The summed E-state index contributed by atoms with van der Waals surface area (Å²) < 4.78 is 6.82. The third-order valence-electron chi connectivity index (χ3n) is 12.8. The van der Waals surface area contributed by atoms with Gasteiger partial charge in [0.1, 0.15) is 11.5 Å². The molecule has 3 aliphatic carbocycles. The SMILES string of the molecule is CC12C=CC=CC1C1(c3ccccc3Oc3ccc(-c4ccccc4-c4nc(-c5ccccc5)nc(-c5ccccc5-c5ccccc5)n4)cc31)C1C=CC=CC12. The van der Waals surface area contributed by atoms with Gasteiger partial charge in [-0.3, -0.25) is 0 Å². The van der Waals surface area contributed by atoms with Crippen LogP contribution in [0.4, 0.5) is 0 Å². The highest BCUT2D eigenvalue weighted by molar-refractivity contribution is 5.85. The van der Waals surface area contributed by atoms with Gasteiger partial charge in [0, 0.05) is 44.6 Å². The molecule has 1 aliphatic heterocycles. The molecule has 6 aromatic carbocycles. The molecule has 1 fully saturated rings. The fourth-order valence-corrected chi connectivity index (χ4v) is 10.3. The Morgan fingerprint density at radius 1 is 0.439 bits per heavy atom. The normalized spacial score (nSPS) is 23.4. The molecule has 2 heterocycles. The topological polar surface area (TPSA) is 47.9 Å². The summed E-state index contributed by atoms with van der Waals surface area (Å²) in [5.74, 6) is 4.49. The van der Waals surface area contributed by atoms with Crippen molar-refractivity contribution in [1.29, 1.82) is 0 Å². The molecule has 5 unspecified atom stereocenters. The number of ether oxygens (including phenoxy) is 1. The zero-order chi connectivity index (χ0) is 38.0. The van der Waals surface area contributed by atoms with E-state index in [-0.39, 0.29) is 22.7 Å². The summed E-state index contributed by atoms with van der Waals surface area (Å²) in [5.41, 5.74) is 9.19. The molecule has 1 spiro atoms. The average Bonchev–Trinajstić information content (AvgIpc) is 3.52. The summed E-state index contributed by atoms with van der Waals surface area (Å²) in [5, 5.41) is 0. The van der Waals surface area contributed by atoms with E-state index >= 15 is 0 Å². The van der Waals surface area contributed by atoms with Crippen LogP contribution in [0.1, 0.15) is 18.1 Å². The van der Waals surface area contributed by atoms with Gasteiger partial charge in [-0.2, -0.15) is 0 Å². The summed E-state index contributed by atoms with van der Waals surface area (Å²) in [7, 11) is 0. The monoisotopic (exact) mass is 733 g/mol. The molecule has 1 saturated carbocycles. The standard InChI is InChI=1S/C53H39N3O/c1-52-33-17-16-30-48(52)53(43-27-13-12-26-42(43)52)44-28-14-15-29-46(44)57-47-32-31-37(34-45(47)53)39-23-9-11-25-41(39)51-55-49(36-20-6-3-7-21-36)54-50(56-51)40-24-10-8-22-38(40)35-18-4-2-5-19-35/h2-34,42-43,48H,1H3. The molecule has 1 aromatic heterocycles. The van der Waals surface area contributed by atoms with E-state index in [1.54, 1.807) is 0 Å². The zero-order valence-electron chi connectivity index (χ0n) is 31.5. The van der Waals surface area contributed by atoms with Crippen LogP contribution in [0.3, 0.4) is 0 Å². The number of aromatic nitrogens is 3. The Bertz CT molecular complexity index is 2820. The summed E-state index contributed by atoms with van der Waals surface area (Å²) >= 11 is 0. The molecule has 4 heteroatoms. The predicted octanol–water partition coefficient (Wildman–Crippen LogP) is 12.7. The Morgan fingerprint density at radius 2 is 0.982 bits per heavy atom. The van der Waals surface area contributed by atoms with Crippen LogP contribution in [0.15, 0.2) is 200 Å². The third kappa shape index (κ3) is 5.10. The number of rotatable bonds is 5. The van der Waals surface area contributed by atoms with Crippen LogP contribution >= 0.6 is 0 Å². The lowest BCUT2D eigenvalue weighted by atomic mass is 9.58. The minimum Gasteiger partial charge on any atom is -0.457 e. The molecule has 272 valence electrons. The summed E-state index contributed by atoms with van der Waals surface area (Å²) in [4.78, 5) is 15.6. The number of hydrogen-bond donors (Lipinski definition) is 0. The highest BCUT2D eigenvalue weighted by Gasteiger charge is 2.66. The summed E-state index contributed by atoms with van der Waals surface area (Å²) in [6, 6.07) is 53.0. The molecule has 0 N–H and O–H groups in total. The van der Waals surface area contributed by atoms with Gasteiger partial charge >= 0.3 is 0 Å². The first kappa shape index (κ1) is 33.4. The first-order valence-corrected chi connectivity index (χ1v) is 19.8. The van der Waals surface area contributed by atoms with E-state index in [0.29, 0.717) is 23.4 Å². The van der Waals surface area contributed by atoms with Crippen molar-refractivity contribution in [2.24, 2.45) is 23.2 Å². The largest absolute Gasteiger partial charge is 0.457 e. The van der Waals surface area contributed by atoms with Crippen LogP contribution in [-0.2, 0) is 5.41 Å². The first-order chi connectivity index (χ1) is 28.1. The number of nitrogens with zero attached hydrogens (tertiary/aromatic N) is 3. The van der Waals surface area contributed by atoms with E-state index < -0.39 is 0 Å². The van der Waals surface area contributed by atoms with Gasteiger partial charge in [0.05, 0.1) is 0 Å². The fourth-order valence-electron chi connectivity index (χ4n) is 10.3. The Labute approximate surface area is 333 Å². The van der Waals surface area contributed by atoms with Crippen LogP contribution in [0.5, 0.6) is 11.5 Å². The maximum absolute atomic E-state index is 6.82. The van der Waals surface area contributed by atoms with E-state index in [1.165, 1.54) is 11.1 Å². The fraction of sp³-hybridized carbons (Fsp3) is 0.113. The van der Waals surface area contributed by atoms with Gasteiger partial charge in [-0.15, -0.1) is 0 Å². The van der Waals surface area contributed by atoms with Crippen molar-refractivity contribution in [1.82, 2.24) is 15.0 Å². The molecular formula is C53H39N3O. The van der Waals surface area contributed by atoms with Crippen molar-refractivity contribution < 1.29 is 4.74 Å². The van der Waals surface area contributed by atoms with Gasteiger partial charge in [0.2, 0.25) is 0 Å². The first-order valence-electron chi connectivity index (χ1n) is 19.8. The Kier molecular flexibility index (Phi) is 7.68. The van der Waals surface area contributed by atoms with Crippen molar-refractivity contribution in [2.75, 3.05) is 0 Å². The molecule has 4 nitrogen and oxygen atoms in total. The molecular weight excluding hydrogens is 695 g/mol. The van der Waals surface area contributed by atoms with Crippen LogP contribution in [0, 0.1) is 23.2 Å². The maximum atomic E-state index is 6.82. The van der Waals surface area contributed by atoms with Crippen LogP contribution in [0.2, 0.25) is 0 Å². The highest BCUT2D eigenvalue weighted by atomic mass is 16.5. The predicted molar refractivity (Wildman–Crippen MR) is 229 cm³/mol. The van der Waals surface area contributed by atoms with E-state index in [2.05, 4.69) is 183 Å². The second-order valence-electron chi connectivity index (χ2n) is 15.7. The molecule has 0 amide bonds. The van der Waals surface area contributed by atoms with E-state index in [0.717, 1.165) is 50.4 Å². The number of benzene rings is 6. The van der Waals surface area contributed by atoms with Crippen LogP contribution < -0.4 is 4.74 Å². The summed E-state index contributed by atoms with van der Waals surface area (Å²) in [6.07, 6.45) is 18.8. The second kappa shape index (κ2) is 13.1. The molecule has 0 bridgehead atoms. The maximum Gasteiger partial charge on any atom is 0.164 e. The second-order valence-corrected chi connectivity index (χ2v) is 15.7. The van der Waals surface area contributed by atoms with E-state index in [4.69, 9.17) is 19.7 Å². The van der Waals surface area contributed by atoms with Crippen molar-refractivity contribution >= 4 is 0 Å². The third-order valence-corrected chi connectivity index (χ3v) is 12.8. The van der Waals surface area contributed by atoms with Gasteiger partial charge < -0.3 is 4.74 Å². The van der Waals surface area contributed by atoms with Gasteiger partial charge in [-0.05, 0) is 52.3 Å². The Morgan fingerprint density at radius 3 is 1.70 bits per heavy atom. The average molecular weight is 734 g/mol. The number of para-hydroxylation sites is 1.